The van der Waals surface area contributed by atoms with Crippen LogP contribution in [0.1, 0.15) is 70.9 Å². The molecule has 1 saturated carbocycles. The molecule has 2 heterocycles. The summed E-state index contributed by atoms with van der Waals surface area (Å²) >= 11 is 0. The first-order valence-corrected chi connectivity index (χ1v) is 17.6. The van der Waals surface area contributed by atoms with Crippen LogP contribution in [0.4, 0.5) is 4.79 Å². The Balaban J connectivity index is 1.40. The van der Waals surface area contributed by atoms with Gasteiger partial charge in [0, 0.05) is 20.0 Å². The molecule has 5 rings (SSSR count). The number of benzene rings is 2. The molecule has 0 aromatic heterocycles. The van der Waals surface area contributed by atoms with Gasteiger partial charge in [-0.05, 0) is 64.0 Å². The van der Waals surface area contributed by atoms with Crippen molar-refractivity contribution in [1.29, 1.82) is 0 Å². The minimum atomic E-state index is -0.901. The fraction of sp³-hybridized carbons (Fsp3) is 0.553. The second-order valence-electron chi connectivity index (χ2n) is 14.6. The first-order valence-electron chi connectivity index (χ1n) is 17.6. The second-order valence-corrected chi connectivity index (χ2v) is 14.6. The smallest absolute Gasteiger partial charge is 0.410 e. The lowest BCUT2D eigenvalue weighted by atomic mass is 9.83. The number of nitrogens with zero attached hydrogens (tertiary/aromatic N) is 4. The monoisotopic (exact) mass is 673 g/mol. The van der Waals surface area contributed by atoms with Crippen molar-refractivity contribution in [3.8, 4) is 0 Å². The van der Waals surface area contributed by atoms with Crippen molar-refractivity contribution in [1.82, 2.24) is 24.9 Å². The zero-order valence-corrected chi connectivity index (χ0v) is 29.5. The number of rotatable bonds is 10. The van der Waals surface area contributed by atoms with Gasteiger partial charge in [-0.1, -0.05) is 79.9 Å². The third-order valence-corrected chi connectivity index (χ3v) is 9.99. The Hall–Kier alpha value is -4.41. The predicted octanol–water partition coefficient (Wildman–Crippen LogP) is 4.00. The Morgan fingerprint density at radius 2 is 1.55 bits per heavy atom. The van der Waals surface area contributed by atoms with Crippen molar-refractivity contribution < 1.29 is 28.7 Å². The van der Waals surface area contributed by atoms with E-state index in [-0.39, 0.29) is 36.7 Å². The lowest BCUT2D eigenvalue weighted by Gasteiger charge is -2.45. The van der Waals surface area contributed by atoms with E-state index >= 15 is 0 Å². The maximum Gasteiger partial charge on any atom is 0.410 e. The van der Waals surface area contributed by atoms with E-state index in [0.717, 1.165) is 43.2 Å². The van der Waals surface area contributed by atoms with Gasteiger partial charge >= 0.3 is 6.09 Å². The lowest BCUT2D eigenvalue weighted by Crippen LogP contribution is -2.66. The molecular formula is C38H51N5O6. The molecule has 5 amide bonds. The molecule has 11 nitrogen and oxygen atoms in total. The van der Waals surface area contributed by atoms with Crippen LogP contribution >= 0.6 is 0 Å². The summed E-state index contributed by atoms with van der Waals surface area (Å²) in [7, 11) is 1.50. The van der Waals surface area contributed by atoms with E-state index in [0.29, 0.717) is 19.4 Å². The number of piperazine rings is 1. The van der Waals surface area contributed by atoms with Gasteiger partial charge in [-0.15, -0.1) is 0 Å². The molecule has 1 aliphatic carbocycles. The quantitative estimate of drug-likeness (QED) is 0.408. The number of ether oxygens (including phenoxy) is 1. The molecule has 11 heteroatoms. The topological polar surface area (TPSA) is 120 Å². The summed E-state index contributed by atoms with van der Waals surface area (Å²) < 4.78 is 5.47. The number of hydrogen-bond acceptors (Lipinski definition) is 6. The molecular weight excluding hydrogens is 622 g/mol. The first-order chi connectivity index (χ1) is 23.3. The highest BCUT2D eigenvalue weighted by Crippen LogP contribution is 2.32. The lowest BCUT2D eigenvalue weighted by molar-refractivity contribution is -0.156. The van der Waals surface area contributed by atoms with Crippen LogP contribution in [0, 0.1) is 5.92 Å². The first kappa shape index (κ1) is 35.9. The van der Waals surface area contributed by atoms with E-state index in [1.165, 1.54) is 11.9 Å². The normalized spacial score (nSPS) is 21.2. The summed E-state index contributed by atoms with van der Waals surface area (Å²) in [6.45, 7) is 7.36. The van der Waals surface area contributed by atoms with Crippen molar-refractivity contribution >= 4 is 29.7 Å². The van der Waals surface area contributed by atoms with Crippen molar-refractivity contribution in [3.63, 3.8) is 0 Å². The van der Waals surface area contributed by atoms with Crippen LogP contribution in [0.2, 0.25) is 0 Å². The van der Waals surface area contributed by atoms with Crippen LogP contribution in [-0.2, 0) is 36.8 Å². The molecule has 3 fully saturated rings. The summed E-state index contributed by atoms with van der Waals surface area (Å²) in [6.07, 6.45) is 4.15. The maximum absolute atomic E-state index is 14.7. The molecule has 3 aliphatic rings. The number of hydrogen-bond donors (Lipinski definition) is 1. The van der Waals surface area contributed by atoms with Crippen LogP contribution in [-0.4, -0.2) is 106 Å². The van der Waals surface area contributed by atoms with Crippen LogP contribution in [0.25, 0.3) is 0 Å². The molecule has 1 unspecified atom stereocenters. The number of amides is 5. The van der Waals surface area contributed by atoms with E-state index in [1.807, 2.05) is 60.7 Å². The zero-order valence-electron chi connectivity index (χ0n) is 29.5. The molecule has 264 valence electrons. The fourth-order valence-electron chi connectivity index (χ4n) is 7.16. The Morgan fingerprint density at radius 3 is 2.16 bits per heavy atom. The van der Waals surface area contributed by atoms with Crippen LogP contribution in [0.3, 0.4) is 0 Å². The SMILES string of the molecule is C[C@@H](C(=O)N[C@H](C(=O)N1CC(=O)N2C1CN(CCc1ccccc1)C(=O)[C@@H]2Cc1ccccc1)C1CCCCC1)N(C)C(=O)OC(C)(C)C. The fourth-order valence-corrected chi connectivity index (χ4v) is 7.16. The van der Waals surface area contributed by atoms with E-state index in [4.69, 9.17) is 4.74 Å². The van der Waals surface area contributed by atoms with Crippen molar-refractivity contribution in [2.24, 2.45) is 5.92 Å². The summed E-state index contributed by atoms with van der Waals surface area (Å²) in [6, 6.07) is 17.0. The van der Waals surface area contributed by atoms with E-state index in [1.54, 1.807) is 42.4 Å². The summed E-state index contributed by atoms with van der Waals surface area (Å²) in [5.41, 5.74) is 1.29. The summed E-state index contributed by atoms with van der Waals surface area (Å²) in [4.78, 5) is 75.1. The summed E-state index contributed by atoms with van der Waals surface area (Å²) in [5.74, 6) is -1.32. The number of fused-ring (bicyclic) bond motifs is 1. The summed E-state index contributed by atoms with van der Waals surface area (Å²) in [5, 5.41) is 3.00. The minimum absolute atomic E-state index is 0.118. The van der Waals surface area contributed by atoms with Crippen molar-refractivity contribution in [2.75, 3.05) is 26.7 Å². The van der Waals surface area contributed by atoms with Gasteiger partial charge in [0.15, 0.2) is 0 Å². The largest absolute Gasteiger partial charge is 0.444 e. The average Bonchev–Trinajstić information content (AvgIpc) is 3.42. The van der Waals surface area contributed by atoms with Gasteiger partial charge in [0.05, 0.1) is 6.54 Å². The molecule has 2 aliphatic heterocycles. The van der Waals surface area contributed by atoms with Crippen LogP contribution in [0.5, 0.6) is 0 Å². The van der Waals surface area contributed by atoms with Gasteiger partial charge in [0.2, 0.25) is 23.6 Å². The second kappa shape index (κ2) is 15.4. The molecule has 2 saturated heterocycles. The average molecular weight is 674 g/mol. The Kier molecular flexibility index (Phi) is 11.3. The Labute approximate surface area is 289 Å². The van der Waals surface area contributed by atoms with Crippen molar-refractivity contribution in [3.05, 3.63) is 71.8 Å². The molecule has 0 bridgehead atoms. The number of carbonyl (C=O) groups excluding carboxylic acids is 5. The number of carbonyl (C=O) groups is 5. The molecule has 1 N–H and O–H groups in total. The van der Waals surface area contributed by atoms with Crippen LogP contribution in [0.15, 0.2) is 60.7 Å². The van der Waals surface area contributed by atoms with Gasteiger partial charge in [-0.3, -0.25) is 24.1 Å². The molecule has 2 aromatic rings. The molecule has 4 atom stereocenters. The number of nitrogens with one attached hydrogen (secondary N) is 1. The van der Waals surface area contributed by atoms with Crippen molar-refractivity contribution in [2.45, 2.75) is 103 Å². The van der Waals surface area contributed by atoms with E-state index in [2.05, 4.69) is 5.32 Å². The van der Waals surface area contributed by atoms with E-state index < -0.39 is 41.9 Å². The molecule has 49 heavy (non-hydrogen) atoms. The van der Waals surface area contributed by atoms with Crippen LogP contribution < -0.4 is 5.32 Å². The number of likely N-dealkylation sites (N-methyl/N-ethyl adjacent to an activating group) is 1. The molecule has 0 spiro atoms. The minimum Gasteiger partial charge on any atom is -0.444 e. The van der Waals surface area contributed by atoms with Gasteiger partial charge in [-0.2, -0.15) is 0 Å². The molecule has 2 aromatic carbocycles. The predicted molar refractivity (Wildman–Crippen MR) is 185 cm³/mol. The Morgan fingerprint density at radius 1 is 0.939 bits per heavy atom. The standard InChI is InChI=1S/C38H51N5O6/c1-26(40(5)37(48)49-38(2,3)4)34(45)39-33(29-19-13-8-14-20-29)36(47)42-25-32(44)43-30(23-28-17-11-7-12-18-28)35(46)41(24-31(42)43)22-21-27-15-9-6-10-16-27/h6-7,9-12,15-18,26,29-31,33H,8,13-14,19-25H2,1-5H3,(H,39,45)/t26-,30-,31?,33-/m0/s1. The Bertz CT molecular complexity index is 1490. The van der Waals surface area contributed by atoms with Gasteiger partial charge in [-0.25, -0.2) is 4.79 Å². The highest BCUT2D eigenvalue weighted by Gasteiger charge is 2.52. The molecule has 0 radical (unpaired) electrons. The third-order valence-electron chi connectivity index (χ3n) is 9.99. The van der Waals surface area contributed by atoms with Gasteiger partial charge < -0.3 is 24.8 Å². The third kappa shape index (κ3) is 8.61. The maximum atomic E-state index is 14.7. The van der Waals surface area contributed by atoms with E-state index in [9.17, 15) is 24.0 Å². The highest BCUT2D eigenvalue weighted by atomic mass is 16.6. The highest BCUT2D eigenvalue weighted by molar-refractivity contribution is 5.97. The van der Waals surface area contributed by atoms with Gasteiger partial charge in [0.1, 0.15) is 36.4 Å². The zero-order chi connectivity index (χ0) is 35.3. The van der Waals surface area contributed by atoms with Gasteiger partial charge in [0.25, 0.3) is 0 Å².